The second kappa shape index (κ2) is 11.6. The van der Waals surface area contributed by atoms with Gasteiger partial charge in [0.2, 0.25) is 10.0 Å². The number of benzene rings is 2. The van der Waals surface area contributed by atoms with E-state index in [1.54, 1.807) is 12.1 Å². The second-order valence-electron chi connectivity index (χ2n) is 8.56. The maximum atomic E-state index is 13.7. The summed E-state index contributed by atoms with van der Waals surface area (Å²) < 4.78 is 46.0. The number of carbonyl (C=O) groups excluding carboxylic acids is 1. The van der Waals surface area contributed by atoms with Crippen molar-refractivity contribution in [2.24, 2.45) is 5.14 Å². The van der Waals surface area contributed by atoms with Crippen LogP contribution in [0, 0.1) is 5.82 Å². The monoisotopic (exact) mass is 493 g/mol. The number of nitrogens with two attached hydrogens (primary N) is 1. The zero-order chi connectivity index (χ0) is 24.7. The molecule has 1 saturated carbocycles. The zero-order valence-electron chi connectivity index (χ0n) is 19.4. The number of nitrogens with one attached hydrogen (secondary N) is 2. The molecule has 3 atom stereocenters. The summed E-state index contributed by atoms with van der Waals surface area (Å²) in [5.74, 6) is 0.139. The van der Waals surface area contributed by atoms with Crippen LogP contribution in [0.2, 0.25) is 0 Å². The lowest BCUT2D eigenvalue weighted by Gasteiger charge is -2.21. The third kappa shape index (κ3) is 7.68. The molecule has 34 heavy (non-hydrogen) atoms. The standard InChI is InChI=1S/C24H32FN3O5S/c1-16(18-6-10-22(25)23(14-18)32-2)28-20-7-3-19(13-20)17-4-8-21(9-5-17)33-15-24(29)27-11-12-34(26,30)31/h4-6,8-10,14,16,19-20,28H,3,7,11-13,15H2,1-2H3,(H,27,29)(H2,26,30,31). The Hall–Kier alpha value is -2.69. The van der Waals surface area contributed by atoms with E-state index in [1.807, 2.05) is 24.3 Å². The molecule has 0 heterocycles. The van der Waals surface area contributed by atoms with Crippen molar-refractivity contribution in [2.45, 2.75) is 44.2 Å². The lowest BCUT2D eigenvalue weighted by Crippen LogP contribution is -2.34. The molecule has 0 saturated heterocycles. The predicted octanol–water partition coefficient (Wildman–Crippen LogP) is 2.60. The van der Waals surface area contributed by atoms with E-state index in [-0.39, 0.29) is 36.5 Å². The lowest BCUT2D eigenvalue weighted by atomic mass is 9.97. The van der Waals surface area contributed by atoms with Gasteiger partial charge in [-0.05, 0) is 67.5 Å². The number of rotatable bonds is 11. The van der Waals surface area contributed by atoms with Gasteiger partial charge in [0, 0.05) is 18.6 Å². The van der Waals surface area contributed by atoms with Crippen molar-refractivity contribution in [3.05, 3.63) is 59.4 Å². The quantitative estimate of drug-likeness (QED) is 0.443. The molecule has 4 N–H and O–H groups in total. The molecule has 1 aliphatic carbocycles. The fourth-order valence-electron chi connectivity index (χ4n) is 4.20. The molecule has 186 valence electrons. The first-order valence-corrected chi connectivity index (χ1v) is 13.0. The molecular weight excluding hydrogens is 461 g/mol. The maximum absolute atomic E-state index is 13.7. The maximum Gasteiger partial charge on any atom is 0.257 e. The molecule has 3 rings (SSSR count). The minimum Gasteiger partial charge on any atom is -0.494 e. The van der Waals surface area contributed by atoms with Crippen LogP contribution in [0.5, 0.6) is 11.5 Å². The van der Waals surface area contributed by atoms with Crippen molar-refractivity contribution in [2.75, 3.05) is 26.0 Å². The van der Waals surface area contributed by atoms with Gasteiger partial charge in [0.1, 0.15) is 5.75 Å². The van der Waals surface area contributed by atoms with Crippen molar-refractivity contribution in [1.29, 1.82) is 0 Å². The molecule has 10 heteroatoms. The first-order chi connectivity index (χ1) is 16.1. The Bertz CT molecular complexity index is 1080. The van der Waals surface area contributed by atoms with E-state index in [2.05, 4.69) is 17.6 Å². The number of halogens is 1. The first-order valence-electron chi connectivity index (χ1n) is 11.2. The molecule has 3 unspecified atom stereocenters. The van der Waals surface area contributed by atoms with Gasteiger partial charge in [-0.15, -0.1) is 0 Å². The van der Waals surface area contributed by atoms with Gasteiger partial charge < -0.3 is 20.1 Å². The van der Waals surface area contributed by atoms with Crippen LogP contribution in [-0.4, -0.2) is 46.4 Å². The number of methoxy groups -OCH3 is 1. The Morgan fingerprint density at radius 1 is 1.21 bits per heavy atom. The molecule has 0 bridgehead atoms. The first kappa shape index (κ1) is 25.9. The van der Waals surface area contributed by atoms with Gasteiger partial charge in [-0.25, -0.2) is 17.9 Å². The van der Waals surface area contributed by atoms with E-state index in [4.69, 9.17) is 14.6 Å². The lowest BCUT2D eigenvalue weighted by molar-refractivity contribution is -0.122. The van der Waals surface area contributed by atoms with Crippen LogP contribution in [0.25, 0.3) is 0 Å². The van der Waals surface area contributed by atoms with Crippen LogP contribution < -0.4 is 25.2 Å². The molecule has 0 radical (unpaired) electrons. The molecule has 1 aliphatic rings. The Balaban J connectivity index is 1.45. The molecule has 1 fully saturated rings. The van der Waals surface area contributed by atoms with Gasteiger partial charge in [-0.1, -0.05) is 18.2 Å². The normalized spacial score (nSPS) is 18.9. The summed E-state index contributed by atoms with van der Waals surface area (Å²) >= 11 is 0. The Morgan fingerprint density at radius 3 is 2.62 bits per heavy atom. The van der Waals surface area contributed by atoms with E-state index in [9.17, 15) is 17.6 Å². The fraction of sp³-hybridized carbons (Fsp3) is 0.458. The summed E-state index contributed by atoms with van der Waals surface area (Å²) in [6.45, 7) is 1.81. The van der Waals surface area contributed by atoms with Gasteiger partial charge in [0.25, 0.3) is 5.91 Å². The topological polar surface area (TPSA) is 120 Å². The summed E-state index contributed by atoms with van der Waals surface area (Å²) in [6, 6.07) is 13.1. The SMILES string of the molecule is COc1cc(C(C)NC2CCC(c3ccc(OCC(=O)NCCS(N)(=O)=O)cc3)C2)ccc1F. The van der Waals surface area contributed by atoms with Crippen LogP contribution in [0.1, 0.15) is 49.3 Å². The van der Waals surface area contributed by atoms with Crippen LogP contribution in [0.15, 0.2) is 42.5 Å². The van der Waals surface area contributed by atoms with Gasteiger partial charge in [-0.3, -0.25) is 4.79 Å². The summed E-state index contributed by atoms with van der Waals surface area (Å²) in [7, 11) is -2.15. The van der Waals surface area contributed by atoms with Crippen molar-refractivity contribution < 1.29 is 27.1 Å². The largest absolute Gasteiger partial charge is 0.494 e. The molecule has 0 spiro atoms. The second-order valence-corrected chi connectivity index (χ2v) is 10.3. The highest BCUT2D eigenvalue weighted by molar-refractivity contribution is 7.89. The van der Waals surface area contributed by atoms with Crippen molar-refractivity contribution in [3.8, 4) is 11.5 Å². The van der Waals surface area contributed by atoms with Crippen LogP contribution in [0.3, 0.4) is 0 Å². The number of sulfonamides is 1. The Labute approximate surface area is 200 Å². The summed E-state index contributed by atoms with van der Waals surface area (Å²) in [4.78, 5) is 11.8. The average molecular weight is 494 g/mol. The van der Waals surface area contributed by atoms with Gasteiger partial charge in [0.05, 0.1) is 12.9 Å². The number of hydrogen-bond donors (Lipinski definition) is 3. The highest BCUT2D eigenvalue weighted by Crippen LogP contribution is 2.36. The van der Waals surface area contributed by atoms with Crippen molar-refractivity contribution in [3.63, 3.8) is 0 Å². The smallest absolute Gasteiger partial charge is 0.257 e. The number of carbonyl (C=O) groups is 1. The Kier molecular flexibility index (Phi) is 8.87. The minimum absolute atomic E-state index is 0.0514. The number of primary sulfonamides is 1. The summed E-state index contributed by atoms with van der Waals surface area (Å²) in [5, 5.41) is 11.0. The van der Waals surface area contributed by atoms with Gasteiger partial charge in [-0.2, -0.15) is 0 Å². The van der Waals surface area contributed by atoms with Crippen LogP contribution in [0.4, 0.5) is 4.39 Å². The van der Waals surface area contributed by atoms with Crippen LogP contribution >= 0.6 is 0 Å². The van der Waals surface area contributed by atoms with Crippen molar-refractivity contribution in [1.82, 2.24) is 10.6 Å². The van der Waals surface area contributed by atoms with E-state index in [0.29, 0.717) is 17.7 Å². The molecule has 0 aromatic heterocycles. The molecule has 1 amide bonds. The number of hydrogen-bond acceptors (Lipinski definition) is 6. The zero-order valence-corrected chi connectivity index (χ0v) is 20.2. The molecular formula is C24H32FN3O5S. The fourth-order valence-corrected chi connectivity index (χ4v) is 4.59. The number of ether oxygens (including phenoxy) is 2. The molecule has 2 aromatic rings. The molecule has 0 aliphatic heterocycles. The minimum atomic E-state index is -3.61. The average Bonchev–Trinajstić information content (AvgIpc) is 3.26. The van der Waals surface area contributed by atoms with E-state index in [1.165, 1.54) is 18.7 Å². The van der Waals surface area contributed by atoms with Gasteiger partial charge >= 0.3 is 0 Å². The third-order valence-corrected chi connectivity index (χ3v) is 6.80. The molecule has 8 nitrogen and oxygen atoms in total. The summed E-state index contributed by atoms with van der Waals surface area (Å²) in [6.07, 6.45) is 3.10. The van der Waals surface area contributed by atoms with E-state index >= 15 is 0 Å². The Morgan fingerprint density at radius 2 is 1.94 bits per heavy atom. The van der Waals surface area contributed by atoms with Crippen molar-refractivity contribution >= 4 is 15.9 Å². The van der Waals surface area contributed by atoms with Gasteiger partial charge in [0.15, 0.2) is 18.2 Å². The van der Waals surface area contributed by atoms with E-state index < -0.39 is 15.9 Å². The predicted molar refractivity (Wildman–Crippen MR) is 128 cm³/mol. The third-order valence-electron chi connectivity index (χ3n) is 6.02. The summed E-state index contributed by atoms with van der Waals surface area (Å²) in [5.41, 5.74) is 2.20. The number of amides is 1. The van der Waals surface area contributed by atoms with Crippen LogP contribution in [-0.2, 0) is 14.8 Å². The highest BCUT2D eigenvalue weighted by atomic mass is 32.2. The van der Waals surface area contributed by atoms with E-state index in [0.717, 1.165) is 24.8 Å². The highest BCUT2D eigenvalue weighted by Gasteiger charge is 2.27. The molecule has 2 aromatic carbocycles.